The molecular formula is C52H51N13O11S6. The van der Waals surface area contributed by atoms with E-state index in [9.17, 15) is 38.7 Å². The molecule has 1 aliphatic heterocycles. The number of carboxylic acid groups (broad SMARTS) is 1. The van der Waals surface area contributed by atoms with Crippen molar-refractivity contribution >= 4 is 115 Å². The van der Waals surface area contributed by atoms with E-state index < -0.39 is 72.4 Å². The van der Waals surface area contributed by atoms with Crippen LogP contribution < -0.4 is 31.9 Å². The predicted molar refractivity (Wildman–Crippen MR) is 309 cm³/mol. The third-order valence-electron chi connectivity index (χ3n) is 12.2. The van der Waals surface area contributed by atoms with Crippen molar-refractivity contribution in [2.45, 2.75) is 70.9 Å². The number of methoxy groups -OCH3 is 1. The second kappa shape index (κ2) is 26.4. The number of aliphatic hydroxyl groups is 1. The van der Waals surface area contributed by atoms with Crippen LogP contribution in [0.4, 0.5) is 10.6 Å². The van der Waals surface area contributed by atoms with Gasteiger partial charge in [-0.3, -0.25) is 34.1 Å². The molecule has 0 aliphatic carbocycles. The molecule has 0 spiro atoms. The standard InChI is InChI=1S/C52H51N13O11S6/c1-23(2)37-51-65-40(32(82-51)19-75-5)44(72)54-18-35(67)62-41(42(70)25-10-7-6-8-11-25)50-59-30(21-78-50)47-55-17-31(81-47)39-26(13-14-27(56-39)48-60-33(22-79-48)61-52(74)76-15-9-12-36(68)69)46-58-29(20-77-46)43(71)57-28(16-34(66)53-4)49-64-38(24(3)80-49)45(73)63-37/h6-8,10-11,13-14,17,20-23,28,37,41-42,70H,9,12,15-16,18-19H2,1-5H3,(H,53,66)(H,54,72)(H,57,71)(H,61,74)(H,62,67)(H,63,73)(H,68,69)/t28-,37-,41-,42-/m0/s1. The smallest absolute Gasteiger partial charge is 0.412 e. The Labute approximate surface area is 491 Å². The topological polar surface area (TPSA) is 341 Å². The highest BCUT2D eigenvalue weighted by molar-refractivity contribution is 7.19. The summed E-state index contributed by atoms with van der Waals surface area (Å²) in [5.74, 6) is -4.02. The quantitative estimate of drug-likeness (QED) is 0.0512. The first-order valence-electron chi connectivity index (χ1n) is 25.1. The summed E-state index contributed by atoms with van der Waals surface area (Å²) in [5, 5.41) is 44.5. The summed E-state index contributed by atoms with van der Waals surface area (Å²) in [7, 11) is 2.93. The van der Waals surface area contributed by atoms with Crippen molar-refractivity contribution in [3.05, 3.63) is 112 Å². The van der Waals surface area contributed by atoms with Crippen molar-refractivity contribution in [3.63, 3.8) is 0 Å². The number of rotatable bonds is 13. The van der Waals surface area contributed by atoms with Crippen molar-refractivity contribution in [1.82, 2.24) is 61.5 Å². The van der Waals surface area contributed by atoms with Crippen molar-refractivity contribution in [2.75, 3.05) is 32.6 Å². The number of ether oxygens (including phenoxy) is 2. The molecule has 0 saturated carbocycles. The van der Waals surface area contributed by atoms with E-state index in [2.05, 4.69) is 46.9 Å². The third kappa shape index (κ3) is 13.9. The summed E-state index contributed by atoms with van der Waals surface area (Å²) in [6.45, 7) is 4.82. The zero-order valence-electron chi connectivity index (χ0n) is 44.1. The molecule has 30 heteroatoms. The van der Waals surface area contributed by atoms with Gasteiger partial charge >= 0.3 is 12.1 Å². The molecule has 82 heavy (non-hydrogen) atoms. The number of aromatic nitrogens is 7. The molecular weight excluding hydrogens is 1180 g/mol. The van der Waals surface area contributed by atoms with Gasteiger partial charge in [-0.15, -0.1) is 68.0 Å². The Hall–Kier alpha value is -7.84. The number of hydrogen-bond acceptors (Lipinski definition) is 23. The van der Waals surface area contributed by atoms with E-state index in [1.807, 2.05) is 13.8 Å². The van der Waals surface area contributed by atoms with Crippen molar-refractivity contribution < 1.29 is 53.2 Å². The van der Waals surface area contributed by atoms with Gasteiger partial charge in [0.2, 0.25) is 11.8 Å². The molecule has 1 aliphatic rings. The number of carboxylic acids is 1. The van der Waals surface area contributed by atoms with E-state index in [-0.39, 0.29) is 66.3 Å². The summed E-state index contributed by atoms with van der Waals surface area (Å²) >= 11 is 7.05. The number of amides is 6. The fraction of sp³-hybridized carbons (Fsp3) is 0.308. The maximum atomic E-state index is 14.3. The second-order valence-electron chi connectivity index (χ2n) is 18.4. The minimum atomic E-state index is -1.29. The van der Waals surface area contributed by atoms with Gasteiger partial charge in [-0.1, -0.05) is 44.2 Å². The van der Waals surface area contributed by atoms with Crippen LogP contribution in [-0.2, 0) is 30.5 Å². The van der Waals surface area contributed by atoms with Crippen LogP contribution in [-0.4, -0.2) is 114 Å². The Morgan fingerprint density at radius 1 is 0.756 bits per heavy atom. The van der Waals surface area contributed by atoms with Gasteiger partial charge in [0, 0.05) is 53.4 Å². The summed E-state index contributed by atoms with van der Waals surface area (Å²) in [6.07, 6.45) is -0.753. The number of aliphatic hydroxyl groups excluding tert-OH is 1. The van der Waals surface area contributed by atoms with Crippen LogP contribution in [0.25, 0.3) is 42.5 Å². The van der Waals surface area contributed by atoms with Crippen molar-refractivity contribution in [2.24, 2.45) is 5.92 Å². The Morgan fingerprint density at radius 2 is 1.52 bits per heavy atom. The normalized spacial score (nSPS) is 16.3. The lowest BCUT2D eigenvalue weighted by Gasteiger charge is -2.23. The average molecular weight is 1230 g/mol. The summed E-state index contributed by atoms with van der Waals surface area (Å²) in [5.41, 5.74) is 2.25. The predicted octanol–water partition coefficient (Wildman–Crippen LogP) is 7.73. The van der Waals surface area contributed by atoms with Crippen LogP contribution in [0.1, 0.15) is 119 Å². The molecule has 9 rings (SSSR count). The largest absolute Gasteiger partial charge is 0.481 e. The van der Waals surface area contributed by atoms with Gasteiger partial charge in [-0.25, -0.2) is 39.7 Å². The first-order valence-corrected chi connectivity index (χ1v) is 30.1. The zero-order valence-corrected chi connectivity index (χ0v) is 49.0. The molecule has 8 aromatic rings. The first-order chi connectivity index (χ1) is 39.5. The Morgan fingerprint density at radius 3 is 2.28 bits per heavy atom. The first kappa shape index (κ1) is 58.8. The van der Waals surface area contributed by atoms with E-state index in [1.54, 1.807) is 71.7 Å². The van der Waals surface area contributed by atoms with Gasteiger partial charge < -0.3 is 46.3 Å². The number of carbonyl (C=O) groups is 7. The molecule has 1 aromatic carbocycles. The Balaban J connectivity index is 1.11. The van der Waals surface area contributed by atoms with Crippen LogP contribution in [0.2, 0.25) is 0 Å². The molecule has 10 bridgehead atoms. The van der Waals surface area contributed by atoms with Crippen molar-refractivity contribution in [1.29, 1.82) is 0 Å². The highest BCUT2D eigenvalue weighted by atomic mass is 32.1. The molecule has 24 nitrogen and oxygen atoms in total. The minimum absolute atomic E-state index is 0.00334. The lowest BCUT2D eigenvalue weighted by Crippen LogP contribution is -2.40. The number of aryl methyl sites for hydroxylation is 1. The van der Waals surface area contributed by atoms with Gasteiger partial charge in [0.05, 0.1) is 59.4 Å². The maximum absolute atomic E-state index is 14.3. The average Bonchev–Trinajstić information content (AvgIpc) is 4.45. The van der Waals surface area contributed by atoms with Gasteiger partial charge in [0.25, 0.3) is 17.7 Å². The van der Waals surface area contributed by atoms with Gasteiger partial charge in [-0.05, 0) is 37.0 Å². The van der Waals surface area contributed by atoms with E-state index in [1.165, 1.54) is 48.2 Å². The highest BCUT2D eigenvalue weighted by Gasteiger charge is 2.33. The minimum Gasteiger partial charge on any atom is -0.481 e. The molecule has 0 saturated heterocycles. The lowest BCUT2D eigenvalue weighted by atomic mass is 10.0. The Kier molecular flexibility index (Phi) is 18.9. The molecule has 0 unspecified atom stereocenters. The second-order valence-corrected chi connectivity index (χ2v) is 24.4. The maximum Gasteiger partial charge on any atom is 0.412 e. The number of pyridine rings is 1. The SMILES string of the molecule is CNC(=O)C[C@@H]1NC(=O)c2csc(n2)-c2ccc(-c3nc(NC(=O)OCCCC(=O)O)cs3)nc2-c2cnc(s2)-c2csc(n2)[C@H]([C@@H](O)c2ccccc2)NC(=O)CNC(=O)c2nc(sc2COC)[C@H](C(C)C)NC(=O)c2nc1sc2C. The van der Waals surface area contributed by atoms with Gasteiger partial charge in [-0.2, -0.15) is 0 Å². The zero-order chi connectivity index (χ0) is 58.2. The van der Waals surface area contributed by atoms with E-state index in [0.29, 0.717) is 67.9 Å². The summed E-state index contributed by atoms with van der Waals surface area (Å²) < 4.78 is 10.6. The van der Waals surface area contributed by atoms with Crippen LogP contribution in [0.5, 0.6) is 0 Å². The number of thiazole rings is 6. The number of anilines is 1. The van der Waals surface area contributed by atoms with E-state index >= 15 is 0 Å². The van der Waals surface area contributed by atoms with E-state index in [0.717, 1.165) is 34.0 Å². The number of fused-ring (bicyclic) bond motifs is 14. The molecule has 8 heterocycles. The molecule has 4 atom stereocenters. The van der Waals surface area contributed by atoms with Crippen LogP contribution in [0.15, 0.2) is 64.8 Å². The number of aliphatic carboxylic acids is 1. The fourth-order valence-electron chi connectivity index (χ4n) is 8.16. The summed E-state index contributed by atoms with van der Waals surface area (Å²) in [4.78, 5) is 128. The number of hydrogen-bond donors (Lipinski definition) is 8. The molecule has 8 N–H and O–H groups in total. The molecule has 6 amide bonds. The Bertz CT molecular complexity index is 3670. The highest BCUT2D eigenvalue weighted by Crippen LogP contribution is 2.41. The molecule has 426 valence electrons. The number of benzene rings is 1. The van der Waals surface area contributed by atoms with Crippen LogP contribution in [0, 0.1) is 12.8 Å². The molecule has 0 radical (unpaired) electrons. The van der Waals surface area contributed by atoms with Crippen molar-refractivity contribution in [3.8, 4) is 42.5 Å². The molecule has 7 aromatic heterocycles. The molecule has 0 fully saturated rings. The number of carbonyl (C=O) groups excluding carboxylic acids is 6. The van der Waals surface area contributed by atoms with Gasteiger partial charge in [0.1, 0.15) is 70.8 Å². The third-order valence-corrected chi connectivity index (χ3v) is 18.1. The van der Waals surface area contributed by atoms with Gasteiger partial charge in [0.15, 0.2) is 0 Å². The van der Waals surface area contributed by atoms with Crippen LogP contribution in [0.3, 0.4) is 0 Å². The van der Waals surface area contributed by atoms with E-state index in [4.69, 9.17) is 34.5 Å². The summed E-state index contributed by atoms with van der Waals surface area (Å²) in [6, 6.07) is 9.38. The monoisotopic (exact) mass is 1230 g/mol. The lowest BCUT2D eigenvalue weighted by molar-refractivity contribution is -0.137. The van der Waals surface area contributed by atoms with Crippen LogP contribution >= 0.6 is 68.0 Å². The number of nitrogens with one attached hydrogen (secondary N) is 6. The fourth-order valence-corrected chi connectivity index (χ4v) is 13.8. The number of nitrogens with zero attached hydrogens (tertiary/aromatic N) is 7.